The summed E-state index contributed by atoms with van der Waals surface area (Å²) in [6, 6.07) is 16.9. The molecule has 7 heteroatoms. The highest BCUT2D eigenvalue weighted by Crippen LogP contribution is 2.34. The Labute approximate surface area is 160 Å². The third-order valence-corrected chi connectivity index (χ3v) is 4.54. The highest BCUT2D eigenvalue weighted by atomic mass is 16.6. The van der Waals surface area contributed by atoms with E-state index in [0.717, 1.165) is 11.4 Å². The Balaban J connectivity index is 1.67. The van der Waals surface area contributed by atoms with E-state index in [1.165, 1.54) is 18.2 Å². The van der Waals surface area contributed by atoms with Gasteiger partial charge in [-0.1, -0.05) is 12.1 Å². The predicted octanol–water partition coefficient (Wildman–Crippen LogP) is 4.47. The Morgan fingerprint density at radius 1 is 1.07 bits per heavy atom. The van der Waals surface area contributed by atoms with Crippen LogP contribution in [0.3, 0.4) is 0 Å². The van der Waals surface area contributed by atoms with Gasteiger partial charge in [0, 0.05) is 35.0 Å². The van der Waals surface area contributed by atoms with Gasteiger partial charge in [0.15, 0.2) is 5.78 Å². The lowest BCUT2D eigenvalue weighted by molar-refractivity contribution is -0.384. The molecule has 0 saturated heterocycles. The molecule has 0 bridgehead atoms. The van der Waals surface area contributed by atoms with Crippen LogP contribution in [0.25, 0.3) is 0 Å². The quantitative estimate of drug-likeness (QED) is 0.534. The van der Waals surface area contributed by atoms with Crippen molar-refractivity contribution in [3.05, 3.63) is 87.5 Å². The Morgan fingerprint density at radius 2 is 1.86 bits per heavy atom. The third-order valence-electron chi connectivity index (χ3n) is 4.54. The number of carbonyl (C=O) groups excluding carboxylic acids is 1. The van der Waals surface area contributed by atoms with Gasteiger partial charge in [0.25, 0.3) is 5.69 Å². The molecule has 1 heterocycles. The van der Waals surface area contributed by atoms with Crippen LogP contribution in [0.5, 0.6) is 11.5 Å². The number of para-hydroxylation sites is 2. The molecule has 4 rings (SSSR count). The van der Waals surface area contributed by atoms with Crippen molar-refractivity contribution < 1.29 is 19.2 Å². The molecule has 0 fully saturated rings. The summed E-state index contributed by atoms with van der Waals surface area (Å²) in [4.78, 5) is 23.4. The number of ether oxygens (including phenoxy) is 2. The van der Waals surface area contributed by atoms with E-state index in [-0.39, 0.29) is 18.1 Å². The van der Waals surface area contributed by atoms with Gasteiger partial charge in [-0.2, -0.15) is 0 Å². The number of rotatable bonds is 4. The fourth-order valence-corrected chi connectivity index (χ4v) is 3.15. The van der Waals surface area contributed by atoms with Crippen molar-refractivity contribution in [1.82, 2.24) is 0 Å². The fraction of sp³-hybridized carbons (Fsp3) is 0.0952. The van der Waals surface area contributed by atoms with Crippen LogP contribution in [-0.4, -0.2) is 17.8 Å². The normalized spacial score (nSPS) is 12.2. The maximum Gasteiger partial charge on any atom is 0.269 e. The van der Waals surface area contributed by atoms with Gasteiger partial charge in [-0.3, -0.25) is 14.9 Å². The molecule has 0 atom stereocenters. The largest absolute Gasteiger partial charge is 0.495 e. The number of ketones is 1. The van der Waals surface area contributed by atoms with Crippen molar-refractivity contribution >= 4 is 22.8 Å². The van der Waals surface area contributed by atoms with E-state index in [1.54, 1.807) is 25.3 Å². The van der Waals surface area contributed by atoms with E-state index in [1.807, 2.05) is 24.3 Å². The zero-order valence-corrected chi connectivity index (χ0v) is 15.0. The van der Waals surface area contributed by atoms with Gasteiger partial charge in [-0.15, -0.1) is 0 Å². The first-order valence-electron chi connectivity index (χ1n) is 8.56. The van der Waals surface area contributed by atoms with E-state index >= 15 is 0 Å². The van der Waals surface area contributed by atoms with Crippen molar-refractivity contribution in [3.63, 3.8) is 0 Å². The lowest BCUT2D eigenvalue weighted by Crippen LogP contribution is -2.04. The minimum Gasteiger partial charge on any atom is -0.495 e. The molecule has 1 aliphatic rings. The summed E-state index contributed by atoms with van der Waals surface area (Å²) >= 11 is 0. The molecule has 0 aliphatic carbocycles. The number of nitrogens with one attached hydrogen (secondary N) is 1. The first-order chi connectivity index (χ1) is 13.6. The molecular weight excluding hydrogens is 360 g/mol. The minimum atomic E-state index is -0.488. The Hall–Kier alpha value is -3.87. The number of hydrogen-bond donors (Lipinski definition) is 1. The third kappa shape index (κ3) is 3.14. The summed E-state index contributed by atoms with van der Waals surface area (Å²) < 4.78 is 11.1. The van der Waals surface area contributed by atoms with Crippen LogP contribution < -0.4 is 14.8 Å². The molecule has 28 heavy (non-hydrogen) atoms. The molecule has 0 amide bonds. The fourth-order valence-electron chi connectivity index (χ4n) is 3.15. The van der Waals surface area contributed by atoms with Crippen molar-refractivity contribution in [2.24, 2.45) is 0 Å². The monoisotopic (exact) mass is 376 g/mol. The SMILES string of the molecule is COc1ccccc1Nc1ccc2c(c1)OCc1cc([N+](=O)[O-])ccc1C2=O. The summed E-state index contributed by atoms with van der Waals surface area (Å²) in [6.07, 6.45) is 0. The van der Waals surface area contributed by atoms with E-state index < -0.39 is 4.92 Å². The molecule has 3 aromatic carbocycles. The van der Waals surface area contributed by atoms with Crippen LogP contribution >= 0.6 is 0 Å². The number of carbonyl (C=O) groups is 1. The summed E-state index contributed by atoms with van der Waals surface area (Å²) in [5, 5.41) is 14.3. The van der Waals surface area contributed by atoms with Gasteiger partial charge >= 0.3 is 0 Å². The zero-order valence-electron chi connectivity index (χ0n) is 15.0. The smallest absolute Gasteiger partial charge is 0.269 e. The van der Waals surface area contributed by atoms with E-state index in [9.17, 15) is 14.9 Å². The first kappa shape index (κ1) is 17.5. The summed E-state index contributed by atoms with van der Waals surface area (Å²) in [5.74, 6) is 0.888. The van der Waals surface area contributed by atoms with E-state index in [0.29, 0.717) is 28.2 Å². The number of hydrogen-bond acceptors (Lipinski definition) is 6. The van der Waals surface area contributed by atoms with Crippen molar-refractivity contribution in [2.45, 2.75) is 6.61 Å². The van der Waals surface area contributed by atoms with Crippen LogP contribution in [0, 0.1) is 10.1 Å². The Bertz CT molecular complexity index is 1090. The van der Waals surface area contributed by atoms with Gasteiger partial charge in [0.1, 0.15) is 18.1 Å². The molecule has 0 spiro atoms. The summed E-state index contributed by atoms with van der Waals surface area (Å²) in [6.45, 7) is 0.0772. The molecule has 0 radical (unpaired) electrons. The van der Waals surface area contributed by atoms with Gasteiger partial charge in [0.2, 0.25) is 0 Å². The second-order valence-electron chi connectivity index (χ2n) is 6.25. The number of nitrogens with zero attached hydrogens (tertiary/aromatic N) is 1. The highest BCUT2D eigenvalue weighted by molar-refractivity contribution is 6.12. The number of fused-ring (bicyclic) bond motifs is 2. The molecule has 3 aromatic rings. The topological polar surface area (TPSA) is 90.7 Å². The van der Waals surface area contributed by atoms with Crippen LogP contribution in [0.4, 0.5) is 17.1 Å². The molecular formula is C21H16N2O5. The van der Waals surface area contributed by atoms with Gasteiger partial charge in [-0.05, 0) is 30.3 Å². The molecule has 0 saturated carbocycles. The first-order valence-corrected chi connectivity index (χ1v) is 8.56. The summed E-state index contributed by atoms with van der Waals surface area (Å²) in [5.41, 5.74) is 2.76. The molecule has 0 aromatic heterocycles. The average molecular weight is 376 g/mol. The van der Waals surface area contributed by atoms with Gasteiger partial charge in [-0.25, -0.2) is 0 Å². The number of nitro benzene ring substituents is 1. The molecule has 0 unspecified atom stereocenters. The minimum absolute atomic E-state index is 0.0698. The van der Waals surface area contributed by atoms with Crippen molar-refractivity contribution in [1.29, 1.82) is 0 Å². The lowest BCUT2D eigenvalue weighted by atomic mass is 9.98. The van der Waals surface area contributed by atoms with Crippen LogP contribution in [0.2, 0.25) is 0 Å². The molecule has 140 valence electrons. The van der Waals surface area contributed by atoms with Crippen LogP contribution in [-0.2, 0) is 6.61 Å². The number of nitro groups is 1. The molecule has 1 aliphatic heterocycles. The second kappa shape index (κ2) is 7.03. The lowest BCUT2D eigenvalue weighted by Gasteiger charge is -2.13. The molecule has 7 nitrogen and oxygen atoms in total. The second-order valence-corrected chi connectivity index (χ2v) is 6.25. The maximum absolute atomic E-state index is 12.9. The number of methoxy groups -OCH3 is 1. The van der Waals surface area contributed by atoms with Gasteiger partial charge in [0.05, 0.1) is 23.3 Å². The van der Waals surface area contributed by atoms with Gasteiger partial charge < -0.3 is 14.8 Å². The average Bonchev–Trinajstić information content (AvgIpc) is 2.85. The van der Waals surface area contributed by atoms with Crippen molar-refractivity contribution in [3.8, 4) is 11.5 Å². The van der Waals surface area contributed by atoms with Crippen LogP contribution in [0.15, 0.2) is 60.7 Å². The van der Waals surface area contributed by atoms with Crippen molar-refractivity contribution in [2.75, 3.05) is 12.4 Å². The molecule has 1 N–H and O–H groups in total. The predicted molar refractivity (Wildman–Crippen MR) is 104 cm³/mol. The number of benzene rings is 3. The zero-order chi connectivity index (χ0) is 19.7. The summed E-state index contributed by atoms with van der Waals surface area (Å²) in [7, 11) is 1.59. The number of anilines is 2. The Kier molecular flexibility index (Phi) is 4.41. The van der Waals surface area contributed by atoms with E-state index in [2.05, 4.69) is 5.32 Å². The Morgan fingerprint density at radius 3 is 2.64 bits per heavy atom. The van der Waals surface area contributed by atoms with Crippen LogP contribution in [0.1, 0.15) is 21.5 Å². The number of non-ortho nitro benzene ring substituents is 1. The maximum atomic E-state index is 12.9. The highest BCUT2D eigenvalue weighted by Gasteiger charge is 2.24. The van der Waals surface area contributed by atoms with E-state index in [4.69, 9.17) is 9.47 Å². The standard InChI is InChI=1S/C21H16N2O5/c1-27-19-5-3-2-4-18(19)22-14-6-8-17-20(11-14)28-12-13-10-15(23(25)26)7-9-16(13)21(17)24/h2-11,22H,12H2,1H3.